The van der Waals surface area contributed by atoms with Crippen LogP contribution in [0.3, 0.4) is 0 Å². The van der Waals surface area contributed by atoms with E-state index in [9.17, 15) is 4.79 Å². The summed E-state index contributed by atoms with van der Waals surface area (Å²) in [6.45, 7) is 2.44. The van der Waals surface area contributed by atoms with Crippen molar-refractivity contribution in [2.45, 2.75) is 25.9 Å². The summed E-state index contributed by atoms with van der Waals surface area (Å²) in [6.07, 6.45) is 0.580. The third-order valence-electron chi connectivity index (χ3n) is 2.64. The molecule has 0 aromatic heterocycles. The SMILES string of the molecule is CCC(C(=O)O)N(C)Cc1ccc(Cl)cc1Br. The molecule has 1 N–H and O–H groups in total. The zero-order valence-electron chi connectivity index (χ0n) is 9.78. The number of carbonyl (C=O) groups is 1. The molecule has 17 heavy (non-hydrogen) atoms. The van der Waals surface area contributed by atoms with Gasteiger partial charge in [-0.3, -0.25) is 9.69 Å². The van der Waals surface area contributed by atoms with E-state index in [-0.39, 0.29) is 0 Å². The number of halogens is 2. The predicted octanol–water partition coefficient (Wildman–Crippen LogP) is 3.40. The maximum absolute atomic E-state index is 11.0. The first kappa shape index (κ1) is 14.5. The number of carboxylic acid groups (broad SMARTS) is 1. The minimum atomic E-state index is -0.792. The van der Waals surface area contributed by atoms with E-state index in [1.165, 1.54) is 0 Å². The number of hydrogen-bond donors (Lipinski definition) is 1. The maximum atomic E-state index is 11.0. The number of benzene rings is 1. The van der Waals surface area contributed by atoms with E-state index in [1.54, 1.807) is 6.07 Å². The number of aliphatic carboxylic acids is 1. The second-order valence-corrected chi connectivity index (χ2v) is 5.20. The van der Waals surface area contributed by atoms with Crippen molar-refractivity contribution in [3.63, 3.8) is 0 Å². The Hall–Kier alpha value is -0.580. The van der Waals surface area contributed by atoms with Crippen molar-refractivity contribution in [1.29, 1.82) is 0 Å². The van der Waals surface area contributed by atoms with Gasteiger partial charge in [0.15, 0.2) is 0 Å². The largest absolute Gasteiger partial charge is 0.480 e. The Morgan fingerprint density at radius 1 is 1.59 bits per heavy atom. The molecular formula is C12H15BrClNO2. The summed E-state index contributed by atoms with van der Waals surface area (Å²) in [7, 11) is 1.81. The van der Waals surface area contributed by atoms with E-state index in [0.717, 1.165) is 10.0 Å². The summed E-state index contributed by atoms with van der Waals surface area (Å²) in [5, 5.41) is 9.72. The Balaban J connectivity index is 2.79. The molecular weight excluding hydrogens is 305 g/mol. The zero-order valence-corrected chi connectivity index (χ0v) is 12.1. The number of nitrogens with zero attached hydrogens (tertiary/aromatic N) is 1. The lowest BCUT2D eigenvalue weighted by Gasteiger charge is -2.23. The summed E-state index contributed by atoms with van der Waals surface area (Å²) in [4.78, 5) is 12.8. The maximum Gasteiger partial charge on any atom is 0.320 e. The first-order chi connectivity index (χ1) is 7.95. The van der Waals surface area contributed by atoms with Crippen LogP contribution in [0.2, 0.25) is 5.02 Å². The van der Waals surface area contributed by atoms with Gasteiger partial charge in [0.1, 0.15) is 6.04 Å². The van der Waals surface area contributed by atoms with Gasteiger partial charge in [-0.1, -0.05) is 40.5 Å². The summed E-state index contributed by atoms with van der Waals surface area (Å²) >= 11 is 9.28. The molecule has 0 saturated carbocycles. The molecule has 5 heteroatoms. The molecule has 1 aromatic carbocycles. The molecule has 0 bridgehead atoms. The number of likely N-dealkylation sites (N-methyl/N-ethyl adjacent to an activating group) is 1. The number of hydrogen-bond acceptors (Lipinski definition) is 2. The van der Waals surface area contributed by atoms with Gasteiger partial charge in [0.2, 0.25) is 0 Å². The van der Waals surface area contributed by atoms with Crippen LogP contribution in [0.4, 0.5) is 0 Å². The fourth-order valence-corrected chi connectivity index (χ4v) is 2.51. The minimum absolute atomic E-state index is 0.461. The smallest absolute Gasteiger partial charge is 0.320 e. The molecule has 0 heterocycles. The van der Waals surface area contributed by atoms with E-state index in [1.807, 2.05) is 31.0 Å². The Morgan fingerprint density at radius 2 is 2.24 bits per heavy atom. The third kappa shape index (κ3) is 3.98. The zero-order chi connectivity index (χ0) is 13.0. The highest BCUT2D eigenvalue weighted by Gasteiger charge is 2.20. The van der Waals surface area contributed by atoms with Crippen molar-refractivity contribution in [2.75, 3.05) is 7.05 Å². The third-order valence-corrected chi connectivity index (χ3v) is 3.61. The Labute approximate surface area is 115 Å². The van der Waals surface area contributed by atoms with Crippen LogP contribution < -0.4 is 0 Å². The second-order valence-electron chi connectivity index (χ2n) is 3.91. The molecule has 0 radical (unpaired) electrons. The lowest BCUT2D eigenvalue weighted by atomic mass is 10.1. The summed E-state index contributed by atoms with van der Waals surface area (Å²) in [6, 6.07) is 5.05. The van der Waals surface area contributed by atoms with Crippen molar-refractivity contribution in [3.05, 3.63) is 33.3 Å². The van der Waals surface area contributed by atoms with E-state index in [0.29, 0.717) is 18.0 Å². The van der Waals surface area contributed by atoms with Gasteiger partial charge >= 0.3 is 5.97 Å². The lowest BCUT2D eigenvalue weighted by Crippen LogP contribution is -2.37. The molecule has 0 fully saturated rings. The van der Waals surface area contributed by atoms with Gasteiger partial charge in [-0.05, 0) is 31.2 Å². The highest BCUT2D eigenvalue weighted by atomic mass is 79.9. The van der Waals surface area contributed by atoms with Crippen LogP contribution in [0.15, 0.2) is 22.7 Å². The molecule has 3 nitrogen and oxygen atoms in total. The van der Waals surface area contributed by atoms with Crippen LogP contribution in [-0.2, 0) is 11.3 Å². The summed E-state index contributed by atoms with van der Waals surface area (Å²) < 4.78 is 0.900. The Bertz CT molecular complexity index is 411. The highest BCUT2D eigenvalue weighted by molar-refractivity contribution is 9.10. The monoisotopic (exact) mass is 319 g/mol. The first-order valence-electron chi connectivity index (χ1n) is 5.32. The fraction of sp³-hybridized carbons (Fsp3) is 0.417. The summed E-state index contributed by atoms with van der Waals surface area (Å²) in [5.74, 6) is -0.792. The molecule has 1 aromatic rings. The molecule has 1 unspecified atom stereocenters. The van der Waals surface area contributed by atoms with Crippen LogP contribution in [-0.4, -0.2) is 29.1 Å². The van der Waals surface area contributed by atoms with Gasteiger partial charge in [-0.2, -0.15) is 0 Å². The molecule has 1 rings (SSSR count). The van der Waals surface area contributed by atoms with Crippen molar-refractivity contribution in [2.24, 2.45) is 0 Å². The van der Waals surface area contributed by atoms with Crippen molar-refractivity contribution in [1.82, 2.24) is 4.90 Å². The predicted molar refractivity (Wildman–Crippen MR) is 72.3 cm³/mol. The molecule has 0 aliphatic rings. The van der Waals surface area contributed by atoms with Crippen molar-refractivity contribution in [3.8, 4) is 0 Å². The molecule has 1 atom stereocenters. The highest BCUT2D eigenvalue weighted by Crippen LogP contribution is 2.23. The molecule has 94 valence electrons. The van der Waals surface area contributed by atoms with E-state index in [4.69, 9.17) is 16.7 Å². The Morgan fingerprint density at radius 3 is 2.71 bits per heavy atom. The molecule has 0 aliphatic heterocycles. The molecule has 0 saturated heterocycles. The first-order valence-corrected chi connectivity index (χ1v) is 6.49. The van der Waals surface area contributed by atoms with Crippen LogP contribution >= 0.6 is 27.5 Å². The molecule has 0 aliphatic carbocycles. The van der Waals surface area contributed by atoms with Crippen molar-refractivity contribution >= 4 is 33.5 Å². The molecule has 0 spiro atoms. The van der Waals surface area contributed by atoms with E-state index < -0.39 is 12.0 Å². The van der Waals surface area contributed by atoms with Gasteiger partial charge in [-0.15, -0.1) is 0 Å². The van der Waals surface area contributed by atoms with Crippen LogP contribution in [0.1, 0.15) is 18.9 Å². The number of carboxylic acids is 1. The van der Waals surface area contributed by atoms with Gasteiger partial charge in [0.25, 0.3) is 0 Å². The quantitative estimate of drug-likeness (QED) is 0.904. The van der Waals surface area contributed by atoms with Crippen LogP contribution in [0.5, 0.6) is 0 Å². The van der Waals surface area contributed by atoms with Gasteiger partial charge in [-0.25, -0.2) is 0 Å². The average Bonchev–Trinajstić information content (AvgIpc) is 2.22. The van der Waals surface area contributed by atoms with Crippen molar-refractivity contribution < 1.29 is 9.90 Å². The Kier molecular flexibility index (Phi) is 5.43. The number of rotatable bonds is 5. The van der Waals surface area contributed by atoms with Gasteiger partial charge in [0, 0.05) is 16.0 Å². The molecule has 0 amide bonds. The second kappa shape index (κ2) is 6.38. The van der Waals surface area contributed by atoms with Crippen LogP contribution in [0.25, 0.3) is 0 Å². The topological polar surface area (TPSA) is 40.5 Å². The standard InChI is InChI=1S/C12H15BrClNO2/c1-3-11(12(16)17)15(2)7-8-4-5-9(14)6-10(8)13/h4-6,11H,3,7H2,1-2H3,(H,16,17). The minimum Gasteiger partial charge on any atom is -0.480 e. The lowest BCUT2D eigenvalue weighted by molar-refractivity contribution is -0.143. The fourth-order valence-electron chi connectivity index (χ4n) is 1.70. The van der Waals surface area contributed by atoms with Gasteiger partial charge < -0.3 is 5.11 Å². The van der Waals surface area contributed by atoms with Gasteiger partial charge in [0.05, 0.1) is 0 Å². The average molecular weight is 321 g/mol. The van der Waals surface area contributed by atoms with E-state index >= 15 is 0 Å². The van der Waals surface area contributed by atoms with E-state index in [2.05, 4.69) is 15.9 Å². The normalized spacial score (nSPS) is 12.8. The van der Waals surface area contributed by atoms with Crippen LogP contribution in [0, 0.1) is 0 Å². The summed E-state index contributed by atoms with van der Waals surface area (Å²) in [5.41, 5.74) is 1.02.